The fraction of sp³-hybridized carbons (Fsp3) is 0.190. The van der Waals surface area contributed by atoms with Crippen LogP contribution in [0.1, 0.15) is 29.0 Å². The molecule has 0 atom stereocenters. The SMILES string of the molecule is Cc1cc(C(=O)NC2CC2)nc(Nc2ccccc2Oc2ccccc2)n1. The van der Waals surface area contributed by atoms with Gasteiger partial charge in [0.05, 0.1) is 5.69 Å². The number of nitrogens with one attached hydrogen (secondary N) is 2. The van der Waals surface area contributed by atoms with Crippen LogP contribution in [0.3, 0.4) is 0 Å². The van der Waals surface area contributed by atoms with Crippen molar-refractivity contribution in [2.24, 2.45) is 0 Å². The number of aryl methyl sites for hydroxylation is 1. The van der Waals surface area contributed by atoms with Crippen molar-refractivity contribution >= 4 is 17.5 Å². The third-order valence-corrected chi connectivity index (χ3v) is 4.10. The maximum Gasteiger partial charge on any atom is 0.270 e. The molecule has 0 aliphatic heterocycles. The molecule has 0 unspecified atom stereocenters. The van der Waals surface area contributed by atoms with Gasteiger partial charge in [-0.15, -0.1) is 0 Å². The van der Waals surface area contributed by atoms with E-state index in [1.165, 1.54) is 0 Å². The zero-order valence-corrected chi connectivity index (χ0v) is 15.0. The second-order valence-corrected chi connectivity index (χ2v) is 6.50. The quantitative estimate of drug-likeness (QED) is 0.688. The topological polar surface area (TPSA) is 76.1 Å². The van der Waals surface area contributed by atoms with E-state index in [9.17, 15) is 4.79 Å². The summed E-state index contributed by atoms with van der Waals surface area (Å²) >= 11 is 0. The second kappa shape index (κ2) is 7.45. The largest absolute Gasteiger partial charge is 0.455 e. The molecule has 4 rings (SSSR count). The molecule has 0 radical (unpaired) electrons. The Balaban J connectivity index is 1.57. The van der Waals surface area contributed by atoms with Gasteiger partial charge in [0.15, 0.2) is 5.75 Å². The monoisotopic (exact) mass is 360 g/mol. The number of rotatable bonds is 6. The van der Waals surface area contributed by atoms with E-state index in [2.05, 4.69) is 20.6 Å². The number of carbonyl (C=O) groups is 1. The second-order valence-electron chi connectivity index (χ2n) is 6.50. The molecular weight excluding hydrogens is 340 g/mol. The first kappa shape index (κ1) is 17.0. The standard InChI is InChI=1S/C21H20N4O2/c1-14-13-18(20(26)23-15-11-12-15)25-21(22-14)24-17-9-5-6-10-19(17)27-16-7-3-2-4-8-16/h2-10,13,15H,11-12H2,1H3,(H,23,26)(H,22,24,25). The van der Waals surface area contributed by atoms with Crippen molar-refractivity contribution in [3.8, 4) is 11.5 Å². The van der Waals surface area contributed by atoms with Crippen LogP contribution in [-0.2, 0) is 0 Å². The van der Waals surface area contributed by atoms with Crippen LogP contribution in [0.2, 0.25) is 0 Å². The van der Waals surface area contributed by atoms with Gasteiger partial charge in [0.1, 0.15) is 11.4 Å². The Morgan fingerprint density at radius 1 is 1.04 bits per heavy atom. The highest BCUT2D eigenvalue weighted by Gasteiger charge is 2.24. The van der Waals surface area contributed by atoms with Gasteiger partial charge in [0.2, 0.25) is 5.95 Å². The molecule has 6 nitrogen and oxygen atoms in total. The number of hydrogen-bond acceptors (Lipinski definition) is 5. The molecule has 1 aromatic heterocycles. The first-order valence-corrected chi connectivity index (χ1v) is 8.93. The number of anilines is 2. The molecule has 1 saturated carbocycles. The third kappa shape index (κ3) is 4.41. The summed E-state index contributed by atoms with van der Waals surface area (Å²) in [6, 6.07) is 19.1. The van der Waals surface area contributed by atoms with E-state index in [1.54, 1.807) is 6.07 Å². The Labute approximate surface area is 157 Å². The molecular formula is C21H20N4O2. The number of para-hydroxylation sites is 3. The lowest BCUT2D eigenvalue weighted by Gasteiger charge is -2.13. The average molecular weight is 360 g/mol. The summed E-state index contributed by atoms with van der Waals surface area (Å²) < 4.78 is 5.95. The van der Waals surface area contributed by atoms with Crippen molar-refractivity contribution in [3.05, 3.63) is 72.1 Å². The van der Waals surface area contributed by atoms with Crippen LogP contribution in [0, 0.1) is 6.92 Å². The number of amides is 1. The molecule has 0 saturated heterocycles. The number of ether oxygens (including phenoxy) is 1. The molecule has 1 fully saturated rings. The summed E-state index contributed by atoms with van der Waals surface area (Å²) in [4.78, 5) is 21.1. The number of nitrogens with zero attached hydrogens (tertiary/aromatic N) is 2. The first-order valence-electron chi connectivity index (χ1n) is 8.93. The van der Waals surface area contributed by atoms with E-state index < -0.39 is 0 Å². The van der Waals surface area contributed by atoms with Crippen LogP contribution < -0.4 is 15.4 Å². The van der Waals surface area contributed by atoms with Gasteiger partial charge in [-0.1, -0.05) is 30.3 Å². The molecule has 1 aliphatic carbocycles. The fourth-order valence-electron chi connectivity index (χ4n) is 2.62. The first-order chi connectivity index (χ1) is 13.2. The van der Waals surface area contributed by atoms with Crippen LogP contribution in [0.4, 0.5) is 11.6 Å². The Bertz CT molecular complexity index is 955. The number of benzene rings is 2. The lowest BCUT2D eigenvalue weighted by atomic mass is 10.3. The van der Waals surface area contributed by atoms with Gasteiger partial charge in [-0.05, 0) is 50.1 Å². The Morgan fingerprint density at radius 2 is 1.78 bits per heavy atom. The van der Waals surface area contributed by atoms with Gasteiger partial charge in [-0.2, -0.15) is 0 Å². The van der Waals surface area contributed by atoms with E-state index in [-0.39, 0.29) is 11.9 Å². The van der Waals surface area contributed by atoms with Crippen LogP contribution >= 0.6 is 0 Å². The summed E-state index contributed by atoms with van der Waals surface area (Å²) in [7, 11) is 0. The minimum Gasteiger partial charge on any atom is -0.455 e. The van der Waals surface area contributed by atoms with Crippen LogP contribution in [-0.4, -0.2) is 21.9 Å². The van der Waals surface area contributed by atoms with Crippen molar-refractivity contribution in [1.82, 2.24) is 15.3 Å². The summed E-state index contributed by atoms with van der Waals surface area (Å²) in [6.45, 7) is 1.84. The molecule has 1 aliphatic rings. The molecule has 2 aromatic carbocycles. The average Bonchev–Trinajstić information content (AvgIpc) is 3.48. The summed E-state index contributed by atoms with van der Waals surface area (Å²) in [5.41, 5.74) is 1.80. The highest BCUT2D eigenvalue weighted by atomic mass is 16.5. The smallest absolute Gasteiger partial charge is 0.270 e. The Hall–Kier alpha value is -3.41. The Morgan fingerprint density at radius 3 is 2.56 bits per heavy atom. The van der Waals surface area contributed by atoms with Crippen molar-refractivity contribution in [3.63, 3.8) is 0 Å². The summed E-state index contributed by atoms with van der Waals surface area (Å²) in [6.07, 6.45) is 2.07. The minimum absolute atomic E-state index is 0.167. The van der Waals surface area contributed by atoms with E-state index >= 15 is 0 Å². The highest BCUT2D eigenvalue weighted by Crippen LogP contribution is 2.30. The summed E-state index contributed by atoms with van der Waals surface area (Å²) in [5, 5.41) is 6.12. The normalized spacial score (nSPS) is 13.1. The van der Waals surface area contributed by atoms with Gasteiger partial charge in [-0.25, -0.2) is 9.97 Å². The third-order valence-electron chi connectivity index (χ3n) is 4.10. The molecule has 6 heteroatoms. The predicted octanol–water partition coefficient (Wildman–Crippen LogP) is 4.21. The van der Waals surface area contributed by atoms with Gasteiger partial charge in [0.25, 0.3) is 5.91 Å². The molecule has 0 spiro atoms. The zero-order valence-electron chi connectivity index (χ0n) is 15.0. The maximum atomic E-state index is 12.3. The lowest BCUT2D eigenvalue weighted by Crippen LogP contribution is -2.26. The van der Waals surface area contributed by atoms with Crippen LogP contribution in [0.25, 0.3) is 0 Å². The number of hydrogen-bond donors (Lipinski definition) is 2. The van der Waals surface area contributed by atoms with Gasteiger partial charge < -0.3 is 15.4 Å². The zero-order chi connectivity index (χ0) is 18.6. The summed E-state index contributed by atoms with van der Waals surface area (Å²) in [5.74, 6) is 1.58. The molecule has 27 heavy (non-hydrogen) atoms. The molecule has 3 aromatic rings. The van der Waals surface area contributed by atoms with Gasteiger partial charge in [-0.3, -0.25) is 4.79 Å². The molecule has 136 valence electrons. The number of aromatic nitrogens is 2. The van der Waals surface area contributed by atoms with E-state index in [0.717, 1.165) is 30.0 Å². The molecule has 2 N–H and O–H groups in total. The van der Waals surface area contributed by atoms with E-state index in [1.807, 2.05) is 61.5 Å². The predicted molar refractivity (Wildman–Crippen MR) is 103 cm³/mol. The van der Waals surface area contributed by atoms with Crippen LogP contribution in [0.15, 0.2) is 60.7 Å². The lowest BCUT2D eigenvalue weighted by molar-refractivity contribution is 0.0946. The number of carbonyl (C=O) groups excluding carboxylic acids is 1. The maximum absolute atomic E-state index is 12.3. The van der Waals surface area contributed by atoms with Gasteiger partial charge in [0, 0.05) is 11.7 Å². The van der Waals surface area contributed by atoms with Crippen LogP contribution in [0.5, 0.6) is 11.5 Å². The molecule has 1 amide bonds. The van der Waals surface area contributed by atoms with Crippen molar-refractivity contribution < 1.29 is 9.53 Å². The van der Waals surface area contributed by atoms with Gasteiger partial charge >= 0.3 is 0 Å². The minimum atomic E-state index is -0.167. The molecule has 0 bridgehead atoms. The highest BCUT2D eigenvalue weighted by molar-refractivity contribution is 5.93. The fourth-order valence-corrected chi connectivity index (χ4v) is 2.62. The van der Waals surface area contributed by atoms with E-state index in [4.69, 9.17) is 4.74 Å². The van der Waals surface area contributed by atoms with Crippen molar-refractivity contribution in [1.29, 1.82) is 0 Å². The van der Waals surface area contributed by atoms with Crippen molar-refractivity contribution in [2.45, 2.75) is 25.8 Å². The molecule has 1 heterocycles. The van der Waals surface area contributed by atoms with Crippen molar-refractivity contribution in [2.75, 3.05) is 5.32 Å². The Kier molecular flexibility index (Phi) is 4.70. The van der Waals surface area contributed by atoms with E-state index in [0.29, 0.717) is 17.4 Å².